The van der Waals surface area contributed by atoms with Gasteiger partial charge in [0.1, 0.15) is 6.61 Å². The number of likely N-dealkylation sites (N-methyl/N-ethyl adjacent to an activating group) is 1. The van der Waals surface area contributed by atoms with Gasteiger partial charge in [0.25, 0.3) is 0 Å². The van der Waals surface area contributed by atoms with Crippen LogP contribution >= 0.6 is 0 Å². The lowest BCUT2D eigenvalue weighted by atomic mass is 10.2. The van der Waals surface area contributed by atoms with E-state index in [9.17, 15) is 4.79 Å². The van der Waals surface area contributed by atoms with Crippen LogP contribution < -0.4 is 0 Å². The molecule has 0 aliphatic heterocycles. The molecular formula is C10H19NO2. The number of hydrogen-bond acceptors (Lipinski definition) is 3. The summed E-state index contributed by atoms with van der Waals surface area (Å²) < 4.78 is 4.79. The molecule has 3 heteroatoms. The third-order valence-corrected chi connectivity index (χ3v) is 2.68. The van der Waals surface area contributed by atoms with Crippen molar-refractivity contribution in [3.8, 4) is 0 Å². The molecule has 0 aromatic heterocycles. The Morgan fingerprint density at radius 3 is 2.62 bits per heavy atom. The molecule has 1 saturated carbocycles. The number of carbonyl (C=O) groups excluding carboxylic acids is 1. The van der Waals surface area contributed by atoms with Gasteiger partial charge in [0.05, 0.1) is 6.54 Å². The molecule has 0 amide bonds. The third kappa shape index (κ3) is 3.44. The molecule has 0 N–H and O–H groups in total. The predicted molar refractivity (Wildman–Crippen MR) is 51.8 cm³/mol. The Hall–Kier alpha value is -0.410. The number of methoxy groups -OCH3 is 1. The van der Waals surface area contributed by atoms with Gasteiger partial charge in [-0.2, -0.15) is 0 Å². The van der Waals surface area contributed by atoms with Crippen LogP contribution in [0.15, 0.2) is 0 Å². The zero-order valence-electron chi connectivity index (χ0n) is 8.58. The molecule has 0 radical (unpaired) electrons. The standard InChI is InChI=1S/C10H19NO2/c1-11(7-10(12)8-13-2)9-5-3-4-6-9/h9H,3-8H2,1-2H3. The normalized spacial score (nSPS) is 18.4. The Morgan fingerprint density at radius 1 is 1.46 bits per heavy atom. The van der Waals surface area contributed by atoms with Gasteiger partial charge in [-0.15, -0.1) is 0 Å². The number of ether oxygens (including phenoxy) is 1. The molecular weight excluding hydrogens is 166 g/mol. The second kappa shape index (κ2) is 5.35. The highest BCUT2D eigenvalue weighted by Gasteiger charge is 2.20. The molecule has 0 atom stereocenters. The maximum atomic E-state index is 11.2. The van der Waals surface area contributed by atoms with Gasteiger partial charge in [0.2, 0.25) is 0 Å². The molecule has 1 aliphatic rings. The van der Waals surface area contributed by atoms with E-state index in [0.29, 0.717) is 12.6 Å². The molecule has 0 unspecified atom stereocenters. The third-order valence-electron chi connectivity index (χ3n) is 2.68. The van der Waals surface area contributed by atoms with Crippen molar-refractivity contribution in [2.45, 2.75) is 31.7 Å². The number of hydrogen-bond donors (Lipinski definition) is 0. The van der Waals surface area contributed by atoms with Crippen LogP contribution in [-0.2, 0) is 9.53 Å². The summed E-state index contributed by atoms with van der Waals surface area (Å²) >= 11 is 0. The molecule has 0 aromatic rings. The number of nitrogens with zero attached hydrogens (tertiary/aromatic N) is 1. The van der Waals surface area contributed by atoms with E-state index >= 15 is 0 Å². The first-order valence-corrected chi connectivity index (χ1v) is 4.95. The van der Waals surface area contributed by atoms with Crippen LogP contribution in [0.4, 0.5) is 0 Å². The fraction of sp³-hybridized carbons (Fsp3) is 0.900. The highest BCUT2D eigenvalue weighted by Crippen LogP contribution is 2.21. The zero-order valence-corrected chi connectivity index (χ0v) is 8.58. The van der Waals surface area contributed by atoms with Crippen LogP contribution in [0.5, 0.6) is 0 Å². The summed E-state index contributed by atoms with van der Waals surface area (Å²) in [6.45, 7) is 0.787. The minimum Gasteiger partial charge on any atom is -0.377 e. The van der Waals surface area contributed by atoms with E-state index in [1.165, 1.54) is 25.7 Å². The first-order valence-electron chi connectivity index (χ1n) is 4.95. The fourth-order valence-electron chi connectivity index (χ4n) is 1.96. The molecule has 13 heavy (non-hydrogen) atoms. The van der Waals surface area contributed by atoms with Crippen LogP contribution in [0.1, 0.15) is 25.7 Å². The van der Waals surface area contributed by atoms with Gasteiger partial charge in [0, 0.05) is 13.2 Å². The number of Topliss-reactive ketones (excluding diaryl/α,β-unsaturated/α-hetero) is 1. The van der Waals surface area contributed by atoms with Gasteiger partial charge in [0.15, 0.2) is 5.78 Å². The quantitative estimate of drug-likeness (QED) is 0.642. The van der Waals surface area contributed by atoms with Gasteiger partial charge in [-0.05, 0) is 19.9 Å². The van der Waals surface area contributed by atoms with E-state index < -0.39 is 0 Å². The van der Waals surface area contributed by atoms with Gasteiger partial charge in [-0.25, -0.2) is 0 Å². The van der Waals surface area contributed by atoms with Crippen molar-refractivity contribution in [1.82, 2.24) is 4.90 Å². The lowest BCUT2D eigenvalue weighted by Gasteiger charge is -2.22. The molecule has 1 rings (SSSR count). The summed E-state index contributed by atoms with van der Waals surface area (Å²) in [5.41, 5.74) is 0. The number of ketones is 1. The minimum absolute atomic E-state index is 0.178. The zero-order chi connectivity index (χ0) is 9.68. The summed E-state index contributed by atoms with van der Waals surface area (Å²) in [7, 11) is 3.59. The first kappa shape index (κ1) is 10.7. The Labute approximate surface area is 80.1 Å². The van der Waals surface area contributed by atoms with Gasteiger partial charge in [-0.1, -0.05) is 12.8 Å². The highest BCUT2D eigenvalue weighted by molar-refractivity contribution is 5.81. The summed E-state index contributed by atoms with van der Waals surface area (Å²) in [6.07, 6.45) is 5.12. The van der Waals surface area contributed by atoms with Crippen molar-refractivity contribution < 1.29 is 9.53 Å². The van der Waals surface area contributed by atoms with Crippen molar-refractivity contribution >= 4 is 5.78 Å². The molecule has 0 saturated heterocycles. The SMILES string of the molecule is COCC(=O)CN(C)C1CCCC1. The topological polar surface area (TPSA) is 29.5 Å². The lowest BCUT2D eigenvalue weighted by Crippen LogP contribution is -2.35. The number of carbonyl (C=O) groups is 1. The van der Waals surface area contributed by atoms with Crippen LogP contribution in [0.25, 0.3) is 0 Å². The number of rotatable bonds is 5. The van der Waals surface area contributed by atoms with Crippen LogP contribution in [0.3, 0.4) is 0 Å². The molecule has 0 heterocycles. The molecule has 1 fully saturated rings. The van der Waals surface area contributed by atoms with E-state index in [2.05, 4.69) is 4.90 Å². The highest BCUT2D eigenvalue weighted by atomic mass is 16.5. The van der Waals surface area contributed by atoms with E-state index in [4.69, 9.17) is 4.74 Å². The summed E-state index contributed by atoms with van der Waals surface area (Å²) in [6, 6.07) is 0.626. The molecule has 76 valence electrons. The summed E-state index contributed by atoms with van der Waals surface area (Å²) in [4.78, 5) is 13.4. The van der Waals surface area contributed by atoms with Crippen molar-refractivity contribution in [3.63, 3.8) is 0 Å². The Balaban J connectivity index is 2.22. The Kier molecular flexibility index (Phi) is 4.39. The molecule has 0 bridgehead atoms. The van der Waals surface area contributed by atoms with Crippen molar-refractivity contribution in [2.24, 2.45) is 0 Å². The van der Waals surface area contributed by atoms with Crippen molar-refractivity contribution in [3.05, 3.63) is 0 Å². The van der Waals surface area contributed by atoms with E-state index in [1.54, 1.807) is 7.11 Å². The second-order valence-corrected chi connectivity index (χ2v) is 3.83. The molecule has 3 nitrogen and oxygen atoms in total. The minimum atomic E-state index is 0.178. The maximum Gasteiger partial charge on any atom is 0.172 e. The van der Waals surface area contributed by atoms with Gasteiger partial charge >= 0.3 is 0 Å². The summed E-state index contributed by atoms with van der Waals surface area (Å²) in [5.74, 6) is 0.178. The lowest BCUT2D eigenvalue weighted by molar-refractivity contribution is -0.123. The summed E-state index contributed by atoms with van der Waals surface area (Å²) in [5, 5.41) is 0. The fourth-order valence-corrected chi connectivity index (χ4v) is 1.96. The average molecular weight is 185 g/mol. The molecule has 0 spiro atoms. The van der Waals surface area contributed by atoms with E-state index in [0.717, 1.165) is 0 Å². The Bertz CT molecular complexity index is 164. The van der Waals surface area contributed by atoms with Crippen LogP contribution in [0, 0.1) is 0 Å². The van der Waals surface area contributed by atoms with Gasteiger partial charge in [-0.3, -0.25) is 9.69 Å². The molecule has 0 aromatic carbocycles. The maximum absolute atomic E-state index is 11.2. The second-order valence-electron chi connectivity index (χ2n) is 3.83. The smallest absolute Gasteiger partial charge is 0.172 e. The van der Waals surface area contributed by atoms with E-state index in [-0.39, 0.29) is 12.4 Å². The van der Waals surface area contributed by atoms with Gasteiger partial charge < -0.3 is 4.74 Å². The largest absolute Gasteiger partial charge is 0.377 e. The average Bonchev–Trinajstić information content (AvgIpc) is 2.55. The van der Waals surface area contributed by atoms with Crippen LogP contribution in [-0.4, -0.2) is 44.0 Å². The van der Waals surface area contributed by atoms with Crippen molar-refractivity contribution in [1.29, 1.82) is 0 Å². The van der Waals surface area contributed by atoms with E-state index in [1.807, 2.05) is 7.05 Å². The predicted octanol–water partition coefficient (Wildman–Crippen LogP) is 1.08. The first-order chi connectivity index (χ1) is 6.24. The molecule has 1 aliphatic carbocycles. The monoisotopic (exact) mass is 185 g/mol. The van der Waals surface area contributed by atoms with Crippen molar-refractivity contribution in [2.75, 3.05) is 27.3 Å². The van der Waals surface area contributed by atoms with Crippen LogP contribution in [0.2, 0.25) is 0 Å². The Morgan fingerprint density at radius 2 is 2.08 bits per heavy atom.